The molecule has 1 N–H and O–H groups in total. The van der Waals surface area contributed by atoms with E-state index in [0.717, 1.165) is 11.1 Å². The van der Waals surface area contributed by atoms with Crippen LogP contribution in [0.1, 0.15) is 34.8 Å². The van der Waals surface area contributed by atoms with E-state index in [4.69, 9.17) is 25.8 Å². The average molecular weight is 420 g/mol. The van der Waals surface area contributed by atoms with E-state index in [1.54, 1.807) is 20.1 Å². The molecule has 29 heavy (non-hydrogen) atoms. The minimum Gasteiger partial charge on any atom is -0.495 e. The highest BCUT2D eigenvalue weighted by Crippen LogP contribution is 2.25. The van der Waals surface area contributed by atoms with Gasteiger partial charge >= 0.3 is 6.16 Å². The van der Waals surface area contributed by atoms with Crippen molar-refractivity contribution >= 4 is 23.7 Å². The molecule has 0 spiro atoms. The molecule has 0 heterocycles. The first kappa shape index (κ1) is 22.6. The van der Waals surface area contributed by atoms with E-state index in [9.17, 15) is 9.59 Å². The lowest BCUT2D eigenvalue weighted by Gasteiger charge is -2.11. The summed E-state index contributed by atoms with van der Waals surface area (Å²) in [5.41, 5.74) is 2.54. The quantitative estimate of drug-likeness (QED) is 0.455. The van der Waals surface area contributed by atoms with Gasteiger partial charge in [-0.15, -0.1) is 0 Å². The van der Waals surface area contributed by atoms with Crippen LogP contribution in [0, 0.1) is 0 Å². The lowest BCUT2D eigenvalue weighted by Crippen LogP contribution is -2.26. The first-order valence-electron chi connectivity index (χ1n) is 9.53. The largest absolute Gasteiger partial charge is 0.508 e. The highest BCUT2D eigenvalue weighted by atomic mass is 35.5. The Morgan fingerprint density at radius 3 is 2.59 bits per heavy atom. The number of amides is 1. The van der Waals surface area contributed by atoms with E-state index < -0.39 is 6.16 Å². The monoisotopic (exact) mass is 419 g/mol. The number of hydrogen-bond acceptors (Lipinski definition) is 5. The molecule has 0 aromatic heterocycles. The number of halogens is 1. The molecule has 156 valence electrons. The maximum Gasteiger partial charge on any atom is 0.508 e. The van der Waals surface area contributed by atoms with Crippen molar-refractivity contribution < 1.29 is 23.8 Å². The molecule has 0 aliphatic rings. The van der Waals surface area contributed by atoms with Crippen LogP contribution in [0.3, 0.4) is 0 Å². The van der Waals surface area contributed by atoms with Crippen molar-refractivity contribution in [1.29, 1.82) is 0 Å². The molecule has 0 saturated carbocycles. The SMILES string of the molecule is CCOC(=O)OCCCc1ccccc1C(=O)NCCc1ccc(OC)c(Cl)c1. The molecule has 2 rings (SSSR count). The maximum atomic E-state index is 12.6. The lowest BCUT2D eigenvalue weighted by atomic mass is 10.0. The van der Waals surface area contributed by atoms with Gasteiger partial charge in [0.25, 0.3) is 5.91 Å². The van der Waals surface area contributed by atoms with Crippen molar-refractivity contribution in [1.82, 2.24) is 5.32 Å². The minimum absolute atomic E-state index is 0.133. The van der Waals surface area contributed by atoms with Crippen LogP contribution in [0.2, 0.25) is 5.02 Å². The average Bonchev–Trinajstić information content (AvgIpc) is 2.72. The molecule has 0 bridgehead atoms. The molecule has 0 fully saturated rings. The fourth-order valence-electron chi connectivity index (χ4n) is 2.82. The van der Waals surface area contributed by atoms with E-state index in [1.807, 2.05) is 36.4 Å². The van der Waals surface area contributed by atoms with Crippen molar-refractivity contribution in [3.05, 3.63) is 64.2 Å². The number of methoxy groups -OCH3 is 1. The fourth-order valence-corrected chi connectivity index (χ4v) is 3.10. The van der Waals surface area contributed by atoms with Gasteiger partial charge in [0.1, 0.15) is 5.75 Å². The topological polar surface area (TPSA) is 73.9 Å². The van der Waals surface area contributed by atoms with Gasteiger partial charge in [0, 0.05) is 12.1 Å². The third-order valence-electron chi connectivity index (χ3n) is 4.25. The van der Waals surface area contributed by atoms with Gasteiger partial charge in [0.05, 0.1) is 25.3 Å². The van der Waals surface area contributed by atoms with Crippen LogP contribution in [-0.4, -0.2) is 38.9 Å². The molecule has 0 aliphatic carbocycles. The van der Waals surface area contributed by atoms with Crippen LogP contribution in [-0.2, 0) is 22.3 Å². The summed E-state index contributed by atoms with van der Waals surface area (Å²) in [4.78, 5) is 23.8. The Morgan fingerprint density at radius 1 is 1.07 bits per heavy atom. The summed E-state index contributed by atoms with van der Waals surface area (Å²) in [6.07, 6.45) is 1.22. The van der Waals surface area contributed by atoms with Crippen molar-refractivity contribution in [3.63, 3.8) is 0 Å². The van der Waals surface area contributed by atoms with Gasteiger partial charge in [-0.1, -0.05) is 35.9 Å². The second-order valence-electron chi connectivity index (χ2n) is 6.27. The summed E-state index contributed by atoms with van der Waals surface area (Å²) in [6, 6.07) is 13.0. The Labute approximate surface area is 176 Å². The lowest BCUT2D eigenvalue weighted by molar-refractivity contribution is 0.0583. The zero-order valence-electron chi connectivity index (χ0n) is 16.7. The summed E-state index contributed by atoms with van der Waals surface area (Å²) in [7, 11) is 1.57. The zero-order valence-corrected chi connectivity index (χ0v) is 17.5. The van der Waals surface area contributed by atoms with Gasteiger partial charge in [-0.3, -0.25) is 4.79 Å². The molecule has 7 heteroatoms. The Balaban J connectivity index is 1.84. The predicted molar refractivity (Wildman–Crippen MR) is 112 cm³/mol. The Kier molecular flexibility index (Phi) is 9.31. The maximum absolute atomic E-state index is 12.6. The number of rotatable bonds is 10. The van der Waals surface area contributed by atoms with Crippen molar-refractivity contribution in [3.8, 4) is 5.75 Å². The van der Waals surface area contributed by atoms with Gasteiger partial charge in [0.15, 0.2) is 0 Å². The summed E-state index contributed by atoms with van der Waals surface area (Å²) in [5.74, 6) is 0.492. The second-order valence-corrected chi connectivity index (χ2v) is 6.67. The van der Waals surface area contributed by atoms with Crippen LogP contribution in [0.15, 0.2) is 42.5 Å². The van der Waals surface area contributed by atoms with E-state index in [-0.39, 0.29) is 19.1 Å². The molecule has 0 aliphatic heterocycles. The Morgan fingerprint density at radius 2 is 1.86 bits per heavy atom. The van der Waals surface area contributed by atoms with Gasteiger partial charge < -0.3 is 19.5 Å². The van der Waals surface area contributed by atoms with Crippen LogP contribution in [0.5, 0.6) is 5.75 Å². The van der Waals surface area contributed by atoms with Gasteiger partial charge in [-0.05, 0) is 55.5 Å². The molecule has 6 nitrogen and oxygen atoms in total. The van der Waals surface area contributed by atoms with Crippen LogP contribution < -0.4 is 10.1 Å². The third kappa shape index (κ3) is 7.31. The molecule has 0 atom stereocenters. The van der Waals surface area contributed by atoms with Crippen LogP contribution in [0.4, 0.5) is 4.79 Å². The number of carbonyl (C=O) groups excluding carboxylic acids is 2. The second kappa shape index (κ2) is 12.0. The molecule has 1 amide bonds. The van der Waals surface area contributed by atoms with Gasteiger partial charge in [0.2, 0.25) is 0 Å². The number of ether oxygens (including phenoxy) is 3. The molecule has 0 unspecified atom stereocenters. The third-order valence-corrected chi connectivity index (χ3v) is 4.55. The predicted octanol–water partition coefficient (Wildman–Crippen LogP) is 4.43. The van der Waals surface area contributed by atoms with Crippen molar-refractivity contribution in [2.24, 2.45) is 0 Å². The van der Waals surface area contributed by atoms with Crippen molar-refractivity contribution in [2.75, 3.05) is 26.9 Å². The van der Waals surface area contributed by atoms with Crippen LogP contribution in [0.25, 0.3) is 0 Å². The first-order chi connectivity index (χ1) is 14.0. The van der Waals surface area contributed by atoms with Gasteiger partial charge in [-0.25, -0.2) is 4.79 Å². The van der Waals surface area contributed by atoms with E-state index in [1.165, 1.54) is 0 Å². The molecular weight excluding hydrogens is 394 g/mol. The first-order valence-corrected chi connectivity index (χ1v) is 9.91. The normalized spacial score (nSPS) is 10.3. The number of carbonyl (C=O) groups is 2. The fraction of sp³-hybridized carbons (Fsp3) is 0.364. The molecule has 0 radical (unpaired) electrons. The molecule has 2 aromatic carbocycles. The Hall–Kier alpha value is -2.73. The van der Waals surface area contributed by atoms with Crippen LogP contribution >= 0.6 is 11.6 Å². The molecular formula is C22H26ClNO5. The summed E-state index contributed by atoms with van der Waals surface area (Å²) in [5, 5.41) is 3.49. The smallest absolute Gasteiger partial charge is 0.495 e. The number of benzene rings is 2. The standard InChI is InChI=1S/C22H26ClNO5/c1-3-28-22(26)29-14-6-8-17-7-4-5-9-18(17)21(25)24-13-12-16-10-11-20(27-2)19(23)15-16/h4-5,7,9-11,15H,3,6,8,12-14H2,1-2H3,(H,24,25). The number of nitrogens with one attached hydrogen (secondary N) is 1. The van der Waals surface area contributed by atoms with E-state index in [2.05, 4.69) is 5.32 Å². The van der Waals surface area contributed by atoms with E-state index in [0.29, 0.717) is 42.1 Å². The Bertz CT molecular complexity index is 825. The highest BCUT2D eigenvalue weighted by Gasteiger charge is 2.11. The summed E-state index contributed by atoms with van der Waals surface area (Å²) >= 11 is 6.13. The highest BCUT2D eigenvalue weighted by molar-refractivity contribution is 6.32. The summed E-state index contributed by atoms with van der Waals surface area (Å²) < 4.78 is 14.8. The minimum atomic E-state index is -0.669. The number of hydrogen-bond donors (Lipinski definition) is 1. The number of aryl methyl sites for hydroxylation is 1. The zero-order chi connectivity index (χ0) is 21.1. The molecule has 2 aromatic rings. The van der Waals surface area contributed by atoms with E-state index >= 15 is 0 Å². The van der Waals surface area contributed by atoms with Crippen molar-refractivity contribution in [2.45, 2.75) is 26.2 Å². The molecule has 0 saturated heterocycles. The van der Waals surface area contributed by atoms with Gasteiger partial charge in [-0.2, -0.15) is 0 Å². The summed E-state index contributed by atoms with van der Waals surface area (Å²) in [6.45, 7) is 2.73.